The molecule has 0 unspecified atom stereocenters. The number of nitrogens with one attached hydrogen (secondary N) is 1. The Morgan fingerprint density at radius 2 is 1.89 bits per heavy atom. The van der Waals surface area contributed by atoms with Crippen molar-refractivity contribution >= 4 is 34.5 Å². The second-order valence-electron chi connectivity index (χ2n) is 6.14. The van der Waals surface area contributed by atoms with Crippen molar-refractivity contribution in [2.75, 3.05) is 5.32 Å². The highest BCUT2D eigenvalue weighted by atomic mass is 35.5. The SMILES string of the molecule is CCCn1c(NC(=O)Cc2ccc(Cl)cc2)nc2cc(C(F)(F)F)ccc21. The van der Waals surface area contributed by atoms with Gasteiger partial charge in [-0.25, -0.2) is 4.98 Å². The quantitative estimate of drug-likeness (QED) is 0.637. The number of rotatable bonds is 5. The van der Waals surface area contributed by atoms with Gasteiger partial charge in [0.05, 0.1) is 23.0 Å². The zero-order chi connectivity index (χ0) is 19.6. The maximum Gasteiger partial charge on any atom is 0.416 e. The number of aromatic nitrogens is 2. The number of halogens is 4. The molecule has 0 aliphatic rings. The second kappa shape index (κ2) is 7.60. The summed E-state index contributed by atoms with van der Waals surface area (Å²) in [4.78, 5) is 16.6. The van der Waals surface area contributed by atoms with Gasteiger partial charge in [-0.1, -0.05) is 30.7 Å². The molecule has 0 radical (unpaired) electrons. The maximum absolute atomic E-state index is 12.9. The van der Waals surface area contributed by atoms with E-state index in [1.165, 1.54) is 6.07 Å². The van der Waals surface area contributed by atoms with E-state index in [0.29, 0.717) is 17.1 Å². The minimum atomic E-state index is -4.44. The van der Waals surface area contributed by atoms with Crippen molar-refractivity contribution in [3.8, 4) is 0 Å². The maximum atomic E-state index is 12.9. The zero-order valence-corrected chi connectivity index (χ0v) is 15.2. The molecule has 1 aromatic heterocycles. The van der Waals surface area contributed by atoms with Crippen LogP contribution in [0.1, 0.15) is 24.5 Å². The van der Waals surface area contributed by atoms with Crippen LogP contribution in [0.2, 0.25) is 5.02 Å². The Labute approximate surface area is 159 Å². The smallest absolute Gasteiger partial charge is 0.310 e. The van der Waals surface area contributed by atoms with Crippen molar-refractivity contribution in [3.63, 3.8) is 0 Å². The summed E-state index contributed by atoms with van der Waals surface area (Å²) in [7, 11) is 0. The number of benzene rings is 2. The second-order valence-corrected chi connectivity index (χ2v) is 6.58. The number of nitrogens with zero attached hydrogens (tertiary/aromatic N) is 2. The fraction of sp³-hybridized carbons (Fsp3) is 0.263. The lowest BCUT2D eigenvalue weighted by atomic mass is 10.1. The summed E-state index contributed by atoms with van der Waals surface area (Å²) < 4.78 is 40.5. The molecule has 0 aliphatic carbocycles. The van der Waals surface area contributed by atoms with Crippen LogP contribution in [0, 0.1) is 0 Å². The molecule has 0 bridgehead atoms. The summed E-state index contributed by atoms with van der Waals surface area (Å²) in [6.07, 6.45) is -3.59. The first-order valence-corrected chi connectivity index (χ1v) is 8.77. The molecule has 27 heavy (non-hydrogen) atoms. The van der Waals surface area contributed by atoms with E-state index in [9.17, 15) is 18.0 Å². The van der Waals surface area contributed by atoms with Gasteiger partial charge in [-0.2, -0.15) is 13.2 Å². The number of imidazole rings is 1. The van der Waals surface area contributed by atoms with Crippen molar-refractivity contribution < 1.29 is 18.0 Å². The number of aryl methyl sites for hydroxylation is 1. The molecule has 142 valence electrons. The largest absolute Gasteiger partial charge is 0.416 e. The number of carbonyl (C=O) groups excluding carboxylic acids is 1. The third-order valence-corrected chi connectivity index (χ3v) is 4.30. The van der Waals surface area contributed by atoms with E-state index in [-0.39, 0.29) is 23.8 Å². The van der Waals surface area contributed by atoms with Crippen molar-refractivity contribution in [1.82, 2.24) is 9.55 Å². The number of hydrogen-bond acceptors (Lipinski definition) is 2. The fourth-order valence-electron chi connectivity index (χ4n) is 2.81. The summed E-state index contributed by atoms with van der Waals surface area (Å²) in [5.74, 6) is -0.0637. The molecular weight excluding hydrogens is 379 g/mol. The molecule has 1 N–H and O–H groups in total. The number of hydrogen-bond donors (Lipinski definition) is 1. The molecule has 0 fully saturated rings. The summed E-state index contributed by atoms with van der Waals surface area (Å²) in [5, 5.41) is 3.28. The van der Waals surface area contributed by atoms with Crippen LogP contribution in [0.3, 0.4) is 0 Å². The topological polar surface area (TPSA) is 46.9 Å². The number of alkyl halides is 3. The van der Waals surface area contributed by atoms with E-state index in [0.717, 1.165) is 24.1 Å². The molecule has 0 saturated heterocycles. The third kappa shape index (κ3) is 4.42. The molecule has 3 aromatic rings. The van der Waals surface area contributed by atoms with Gasteiger partial charge in [-0.05, 0) is 42.3 Å². The number of carbonyl (C=O) groups is 1. The van der Waals surface area contributed by atoms with E-state index in [2.05, 4.69) is 10.3 Å². The Hall–Kier alpha value is -2.54. The third-order valence-electron chi connectivity index (χ3n) is 4.05. The van der Waals surface area contributed by atoms with Gasteiger partial charge in [0.25, 0.3) is 0 Å². The van der Waals surface area contributed by atoms with Gasteiger partial charge < -0.3 is 4.57 Å². The van der Waals surface area contributed by atoms with Crippen molar-refractivity contribution in [2.45, 2.75) is 32.5 Å². The monoisotopic (exact) mass is 395 g/mol. The lowest BCUT2D eigenvalue weighted by Crippen LogP contribution is -2.18. The predicted octanol–water partition coefficient (Wildman–Crippen LogP) is 5.30. The summed E-state index contributed by atoms with van der Waals surface area (Å²) in [6, 6.07) is 10.3. The van der Waals surface area contributed by atoms with Gasteiger partial charge in [0.15, 0.2) is 0 Å². The van der Waals surface area contributed by atoms with Gasteiger partial charge in [-0.3, -0.25) is 10.1 Å². The first kappa shape index (κ1) is 19.2. The molecule has 0 saturated carbocycles. The van der Waals surface area contributed by atoms with E-state index in [4.69, 9.17) is 11.6 Å². The Morgan fingerprint density at radius 1 is 1.19 bits per heavy atom. The van der Waals surface area contributed by atoms with Crippen molar-refractivity contribution in [1.29, 1.82) is 0 Å². The first-order valence-electron chi connectivity index (χ1n) is 8.39. The molecule has 3 rings (SSSR count). The Bertz CT molecular complexity index is 965. The molecule has 1 amide bonds. The number of anilines is 1. The van der Waals surface area contributed by atoms with Crippen LogP contribution in [-0.4, -0.2) is 15.5 Å². The molecule has 8 heteroatoms. The van der Waals surface area contributed by atoms with Crippen LogP contribution >= 0.6 is 11.6 Å². The van der Waals surface area contributed by atoms with Crippen molar-refractivity contribution in [3.05, 3.63) is 58.6 Å². The molecule has 2 aromatic carbocycles. The van der Waals surface area contributed by atoms with Crippen LogP contribution in [0.15, 0.2) is 42.5 Å². The van der Waals surface area contributed by atoms with Crippen LogP contribution < -0.4 is 5.32 Å². The molecule has 0 spiro atoms. The average molecular weight is 396 g/mol. The van der Waals surface area contributed by atoms with Gasteiger partial charge in [0.2, 0.25) is 11.9 Å². The molecule has 0 aliphatic heterocycles. The van der Waals surface area contributed by atoms with E-state index in [1.54, 1.807) is 28.8 Å². The van der Waals surface area contributed by atoms with Gasteiger partial charge >= 0.3 is 6.18 Å². The van der Waals surface area contributed by atoms with Crippen molar-refractivity contribution in [2.24, 2.45) is 0 Å². The lowest BCUT2D eigenvalue weighted by molar-refractivity contribution is -0.137. The van der Waals surface area contributed by atoms with Crippen LogP contribution in [-0.2, 0) is 23.9 Å². The molecule has 0 atom stereocenters. The standard InChI is InChI=1S/C19H17ClF3N3O/c1-2-9-26-16-8-5-13(19(21,22)23)11-15(16)24-18(26)25-17(27)10-12-3-6-14(20)7-4-12/h3-8,11H,2,9-10H2,1H3,(H,24,25,27). The number of fused-ring (bicyclic) bond motifs is 1. The summed E-state index contributed by atoms with van der Waals surface area (Å²) in [6.45, 7) is 2.47. The van der Waals surface area contributed by atoms with E-state index >= 15 is 0 Å². The lowest BCUT2D eigenvalue weighted by Gasteiger charge is -2.09. The Morgan fingerprint density at radius 3 is 2.52 bits per heavy atom. The average Bonchev–Trinajstić information content (AvgIpc) is 2.93. The highest BCUT2D eigenvalue weighted by Gasteiger charge is 2.31. The highest BCUT2D eigenvalue weighted by Crippen LogP contribution is 2.32. The van der Waals surface area contributed by atoms with E-state index < -0.39 is 11.7 Å². The minimum absolute atomic E-state index is 0.111. The van der Waals surface area contributed by atoms with E-state index in [1.807, 2.05) is 6.92 Å². The first-order chi connectivity index (χ1) is 12.8. The molecule has 4 nitrogen and oxygen atoms in total. The predicted molar refractivity (Wildman–Crippen MR) is 98.8 cm³/mol. The van der Waals surface area contributed by atoms with Gasteiger partial charge in [-0.15, -0.1) is 0 Å². The highest BCUT2D eigenvalue weighted by molar-refractivity contribution is 6.30. The normalized spacial score (nSPS) is 11.7. The van der Waals surface area contributed by atoms with Gasteiger partial charge in [0.1, 0.15) is 0 Å². The minimum Gasteiger partial charge on any atom is -0.310 e. The Balaban J connectivity index is 1.88. The van der Waals surface area contributed by atoms with Crippen LogP contribution in [0.5, 0.6) is 0 Å². The summed E-state index contributed by atoms with van der Waals surface area (Å²) >= 11 is 5.83. The zero-order valence-electron chi connectivity index (χ0n) is 14.5. The summed E-state index contributed by atoms with van der Waals surface area (Å²) in [5.41, 5.74) is 0.747. The number of amides is 1. The van der Waals surface area contributed by atoms with Gasteiger partial charge in [0, 0.05) is 11.6 Å². The molecule has 1 heterocycles. The molecular formula is C19H17ClF3N3O. The Kier molecular flexibility index (Phi) is 5.41. The van der Waals surface area contributed by atoms with Crippen LogP contribution in [0.4, 0.5) is 19.1 Å². The fourth-order valence-corrected chi connectivity index (χ4v) is 2.93. The van der Waals surface area contributed by atoms with Crippen LogP contribution in [0.25, 0.3) is 11.0 Å².